The maximum absolute atomic E-state index is 5.74. The van der Waals surface area contributed by atoms with Crippen LogP contribution < -0.4 is 5.32 Å². The molecule has 0 radical (unpaired) electrons. The van der Waals surface area contributed by atoms with Gasteiger partial charge in [-0.25, -0.2) is 0 Å². The highest BCUT2D eigenvalue weighted by atomic mass is 16.5. The second-order valence-electron chi connectivity index (χ2n) is 6.28. The first-order chi connectivity index (χ1) is 10.2. The third-order valence-corrected chi connectivity index (χ3v) is 4.29. The van der Waals surface area contributed by atoms with E-state index in [1.165, 1.54) is 18.4 Å². The van der Waals surface area contributed by atoms with Crippen molar-refractivity contribution in [2.75, 3.05) is 33.3 Å². The van der Waals surface area contributed by atoms with Crippen molar-refractivity contribution >= 4 is 0 Å². The summed E-state index contributed by atoms with van der Waals surface area (Å²) in [5, 5.41) is 3.64. The lowest BCUT2D eigenvalue weighted by Gasteiger charge is -2.30. The minimum atomic E-state index is 0.420. The van der Waals surface area contributed by atoms with Gasteiger partial charge in [0.15, 0.2) is 0 Å². The van der Waals surface area contributed by atoms with Crippen molar-refractivity contribution in [2.45, 2.75) is 38.8 Å². The Labute approximate surface area is 129 Å². The van der Waals surface area contributed by atoms with Crippen molar-refractivity contribution in [3.05, 3.63) is 35.9 Å². The zero-order chi connectivity index (χ0) is 15.1. The Balaban J connectivity index is 1.90. The van der Waals surface area contributed by atoms with Crippen molar-refractivity contribution < 1.29 is 4.74 Å². The van der Waals surface area contributed by atoms with Gasteiger partial charge in [0.1, 0.15) is 0 Å². The van der Waals surface area contributed by atoms with Crippen LogP contribution in [0.1, 0.15) is 38.3 Å². The zero-order valence-electron chi connectivity index (χ0n) is 13.7. The van der Waals surface area contributed by atoms with E-state index < -0.39 is 0 Å². The molecule has 1 N–H and O–H groups in total. The van der Waals surface area contributed by atoms with Crippen molar-refractivity contribution in [1.82, 2.24) is 10.2 Å². The number of rotatable bonds is 8. The molecule has 3 atom stereocenters. The highest BCUT2D eigenvalue weighted by molar-refractivity contribution is 5.19. The zero-order valence-corrected chi connectivity index (χ0v) is 13.7. The lowest BCUT2D eigenvalue weighted by molar-refractivity contribution is 0.0753. The Kier molecular flexibility index (Phi) is 6.68. The molecule has 1 aliphatic rings. The van der Waals surface area contributed by atoms with Crippen LogP contribution in [-0.4, -0.2) is 44.3 Å². The van der Waals surface area contributed by atoms with Crippen LogP contribution in [0.3, 0.4) is 0 Å². The number of likely N-dealkylation sites (N-methyl/N-ethyl adjacent to an activating group) is 1. The highest BCUT2D eigenvalue weighted by Gasteiger charge is 2.22. The van der Waals surface area contributed by atoms with E-state index in [4.69, 9.17) is 4.74 Å². The quantitative estimate of drug-likeness (QED) is 0.796. The molecule has 0 aliphatic carbocycles. The SMILES string of the molecule is CCNC(c1ccccc1)C(C)CN(C)CC1CCCO1. The predicted molar refractivity (Wildman–Crippen MR) is 88.5 cm³/mol. The molecule has 3 nitrogen and oxygen atoms in total. The van der Waals surface area contributed by atoms with Crippen LogP contribution in [-0.2, 0) is 4.74 Å². The van der Waals surface area contributed by atoms with Gasteiger partial charge >= 0.3 is 0 Å². The van der Waals surface area contributed by atoms with Gasteiger partial charge in [0.25, 0.3) is 0 Å². The summed E-state index contributed by atoms with van der Waals surface area (Å²) in [6, 6.07) is 11.2. The van der Waals surface area contributed by atoms with Crippen LogP contribution in [0.25, 0.3) is 0 Å². The Morgan fingerprint density at radius 3 is 2.71 bits per heavy atom. The van der Waals surface area contributed by atoms with Gasteiger partial charge in [-0.1, -0.05) is 44.2 Å². The van der Waals surface area contributed by atoms with Gasteiger partial charge in [0.05, 0.1) is 6.10 Å². The molecule has 0 spiro atoms. The van der Waals surface area contributed by atoms with E-state index >= 15 is 0 Å². The molecule has 1 aromatic rings. The molecule has 2 rings (SSSR count). The normalized spacial score (nSPS) is 21.6. The van der Waals surface area contributed by atoms with Crippen molar-refractivity contribution in [3.8, 4) is 0 Å². The standard InChI is InChI=1S/C18H30N2O/c1-4-19-18(16-9-6-5-7-10-16)15(2)13-20(3)14-17-11-8-12-21-17/h5-7,9-10,15,17-19H,4,8,11-14H2,1-3H3. The first kappa shape index (κ1) is 16.5. The van der Waals surface area contributed by atoms with E-state index in [1.54, 1.807) is 0 Å². The van der Waals surface area contributed by atoms with Crippen LogP contribution in [0.15, 0.2) is 30.3 Å². The summed E-state index contributed by atoms with van der Waals surface area (Å²) in [4.78, 5) is 2.42. The van der Waals surface area contributed by atoms with Gasteiger partial charge in [-0.2, -0.15) is 0 Å². The molecule has 0 saturated carbocycles. The Hall–Kier alpha value is -0.900. The number of ether oxygens (including phenoxy) is 1. The fourth-order valence-corrected chi connectivity index (χ4v) is 3.34. The summed E-state index contributed by atoms with van der Waals surface area (Å²) in [6.45, 7) is 8.60. The molecule has 1 fully saturated rings. The molecule has 0 amide bonds. The van der Waals surface area contributed by atoms with E-state index in [2.05, 4.69) is 61.4 Å². The minimum absolute atomic E-state index is 0.420. The smallest absolute Gasteiger partial charge is 0.0702 e. The summed E-state index contributed by atoms with van der Waals surface area (Å²) in [7, 11) is 2.21. The third-order valence-electron chi connectivity index (χ3n) is 4.29. The molecule has 1 aliphatic heterocycles. The summed E-state index contributed by atoms with van der Waals surface area (Å²) >= 11 is 0. The lowest BCUT2D eigenvalue weighted by atomic mass is 9.94. The second kappa shape index (κ2) is 8.52. The van der Waals surface area contributed by atoms with Gasteiger partial charge in [-0.05, 0) is 37.9 Å². The average Bonchev–Trinajstić information content (AvgIpc) is 2.98. The monoisotopic (exact) mass is 290 g/mol. The molecule has 21 heavy (non-hydrogen) atoms. The van der Waals surface area contributed by atoms with Gasteiger partial charge in [0.2, 0.25) is 0 Å². The fraction of sp³-hybridized carbons (Fsp3) is 0.667. The van der Waals surface area contributed by atoms with E-state index in [-0.39, 0.29) is 0 Å². The van der Waals surface area contributed by atoms with Crippen molar-refractivity contribution in [1.29, 1.82) is 0 Å². The van der Waals surface area contributed by atoms with Crippen LogP contribution in [0.5, 0.6) is 0 Å². The fourth-order valence-electron chi connectivity index (χ4n) is 3.34. The van der Waals surface area contributed by atoms with Gasteiger partial charge in [-0.3, -0.25) is 0 Å². The summed E-state index contributed by atoms with van der Waals surface area (Å²) in [5.41, 5.74) is 1.39. The van der Waals surface area contributed by atoms with Crippen LogP contribution in [0.2, 0.25) is 0 Å². The Morgan fingerprint density at radius 1 is 1.33 bits per heavy atom. The topological polar surface area (TPSA) is 24.5 Å². The lowest BCUT2D eigenvalue weighted by Crippen LogP contribution is -2.37. The maximum atomic E-state index is 5.74. The maximum Gasteiger partial charge on any atom is 0.0702 e. The first-order valence-electron chi connectivity index (χ1n) is 8.29. The third kappa shape index (κ3) is 5.10. The second-order valence-corrected chi connectivity index (χ2v) is 6.28. The molecule has 3 heteroatoms. The predicted octanol–water partition coefficient (Wildman–Crippen LogP) is 3.08. The van der Waals surface area contributed by atoms with Crippen LogP contribution in [0.4, 0.5) is 0 Å². The number of hydrogen-bond donors (Lipinski definition) is 1. The summed E-state index contributed by atoms with van der Waals surface area (Å²) in [6.07, 6.45) is 2.88. The highest BCUT2D eigenvalue weighted by Crippen LogP contribution is 2.23. The number of hydrogen-bond acceptors (Lipinski definition) is 3. The summed E-state index contributed by atoms with van der Waals surface area (Å²) in [5.74, 6) is 0.568. The molecular weight excluding hydrogens is 260 g/mol. The molecule has 1 heterocycles. The van der Waals surface area contributed by atoms with E-state index in [1.807, 2.05) is 0 Å². The van der Waals surface area contributed by atoms with Crippen LogP contribution >= 0.6 is 0 Å². The minimum Gasteiger partial charge on any atom is -0.377 e. The van der Waals surface area contributed by atoms with Gasteiger partial charge < -0.3 is 15.0 Å². The van der Waals surface area contributed by atoms with E-state index in [0.29, 0.717) is 18.1 Å². The van der Waals surface area contributed by atoms with E-state index in [9.17, 15) is 0 Å². The first-order valence-corrected chi connectivity index (χ1v) is 8.29. The Bertz CT molecular complexity index is 389. The molecular formula is C18H30N2O. The number of nitrogens with one attached hydrogen (secondary N) is 1. The average molecular weight is 290 g/mol. The number of nitrogens with zero attached hydrogens (tertiary/aromatic N) is 1. The summed E-state index contributed by atoms with van der Waals surface area (Å²) < 4.78 is 5.74. The van der Waals surface area contributed by atoms with E-state index in [0.717, 1.165) is 26.2 Å². The molecule has 118 valence electrons. The number of benzene rings is 1. The van der Waals surface area contributed by atoms with Gasteiger partial charge in [-0.15, -0.1) is 0 Å². The molecule has 3 unspecified atom stereocenters. The van der Waals surface area contributed by atoms with Crippen molar-refractivity contribution in [3.63, 3.8) is 0 Å². The van der Waals surface area contributed by atoms with Crippen molar-refractivity contribution in [2.24, 2.45) is 5.92 Å². The largest absolute Gasteiger partial charge is 0.377 e. The molecule has 0 bridgehead atoms. The van der Waals surface area contributed by atoms with Gasteiger partial charge in [0, 0.05) is 25.7 Å². The molecule has 1 saturated heterocycles. The van der Waals surface area contributed by atoms with Crippen LogP contribution in [0, 0.1) is 5.92 Å². The molecule has 1 aromatic carbocycles. The Morgan fingerprint density at radius 2 is 2.10 bits per heavy atom. The molecule has 0 aromatic heterocycles.